The Morgan fingerprint density at radius 2 is 2.00 bits per heavy atom. The minimum atomic E-state index is -0.248. The number of benzene rings is 1. The number of carbonyl (C=O) groups is 1. The van der Waals surface area contributed by atoms with Crippen LogP contribution in [0.25, 0.3) is 5.70 Å². The van der Waals surface area contributed by atoms with Crippen LogP contribution in [-0.4, -0.2) is 33.7 Å². The van der Waals surface area contributed by atoms with Crippen LogP contribution in [-0.2, 0) is 4.79 Å². The Kier molecular flexibility index (Phi) is 4.62. The molecule has 1 atom stereocenters. The SMILES string of the molecule is Cc1ccc(C2=CCC(=O)N(c3cccnc3)N2C(C)CO)cc1. The Labute approximate surface area is 141 Å². The van der Waals surface area contributed by atoms with Gasteiger partial charge < -0.3 is 5.11 Å². The van der Waals surface area contributed by atoms with E-state index in [1.807, 2.05) is 55.3 Å². The molecular formula is C19H21N3O2. The summed E-state index contributed by atoms with van der Waals surface area (Å²) in [5.74, 6) is -0.0424. The molecule has 0 spiro atoms. The smallest absolute Gasteiger partial charge is 0.249 e. The van der Waals surface area contributed by atoms with Gasteiger partial charge >= 0.3 is 0 Å². The molecule has 1 aliphatic heterocycles. The van der Waals surface area contributed by atoms with Gasteiger partial charge in [-0.1, -0.05) is 29.8 Å². The number of hydrazine groups is 1. The third kappa shape index (κ3) is 3.03. The summed E-state index contributed by atoms with van der Waals surface area (Å²) in [7, 11) is 0. The van der Waals surface area contributed by atoms with Crippen molar-refractivity contribution in [3.05, 3.63) is 66.0 Å². The van der Waals surface area contributed by atoms with E-state index >= 15 is 0 Å². The van der Waals surface area contributed by atoms with Crippen LogP contribution in [0.5, 0.6) is 0 Å². The molecule has 5 heteroatoms. The Hall–Kier alpha value is -2.66. The Balaban J connectivity index is 2.08. The molecule has 0 fully saturated rings. The summed E-state index contributed by atoms with van der Waals surface area (Å²) >= 11 is 0. The maximum atomic E-state index is 12.6. The Morgan fingerprint density at radius 1 is 1.25 bits per heavy atom. The Bertz CT molecular complexity index is 741. The summed E-state index contributed by atoms with van der Waals surface area (Å²) < 4.78 is 0. The van der Waals surface area contributed by atoms with Crippen LogP contribution in [0.4, 0.5) is 5.69 Å². The van der Waals surface area contributed by atoms with Crippen LogP contribution in [0, 0.1) is 6.92 Å². The summed E-state index contributed by atoms with van der Waals surface area (Å²) in [5.41, 5.74) is 3.81. The van der Waals surface area contributed by atoms with Crippen molar-refractivity contribution in [3.63, 3.8) is 0 Å². The molecule has 0 saturated heterocycles. The van der Waals surface area contributed by atoms with Crippen molar-refractivity contribution in [3.8, 4) is 0 Å². The number of hydrogen-bond donors (Lipinski definition) is 1. The van der Waals surface area contributed by atoms with Gasteiger partial charge in [0.2, 0.25) is 5.91 Å². The number of hydrogen-bond acceptors (Lipinski definition) is 4. The van der Waals surface area contributed by atoms with Crippen molar-refractivity contribution < 1.29 is 9.90 Å². The van der Waals surface area contributed by atoms with Crippen LogP contribution in [0.15, 0.2) is 54.9 Å². The van der Waals surface area contributed by atoms with Crippen LogP contribution in [0.2, 0.25) is 0 Å². The standard InChI is InChI=1S/C19H21N3O2/c1-14-5-7-16(8-6-14)18-9-10-19(24)22(21(18)15(2)13-23)17-4-3-11-20-12-17/h3-9,11-12,15,23H,10,13H2,1-2H3. The number of carbonyl (C=O) groups excluding carboxylic acids is 1. The van der Waals surface area contributed by atoms with Crippen LogP contribution < -0.4 is 5.01 Å². The van der Waals surface area contributed by atoms with Crippen LogP contribution >= 0.6 is 0 Å². The molecule has 1 N–H and O–H groups in total. The molecule has 5 nitrogen and oxygen atoms in total. The summed E-state index contributed by atoms with van der Waals surface area (Å²) in [6, 6.07) is 11.6. The van der Waals surface area contributed by atoms with Gasteiger partial charge in [-0.05, 0) is 37.6 Å². The molecule has 3 rings (SSSR count). The largest absolute Gasteiger partial charge is 0.394 e. The predicted octanol–water partition coefficient (Wildman–Crippen LogP) is 2.77. The van der Waals surface area contributed by atoms with Gasteiger partial charge in [-0.15, -0.1) is 0 Å². The van der Waals surface area contributed by atoms with E-state index in [1.54, 1.807) is 23.5 Å². The van der Waals surface area contributed by atoms with Gasteiger partial charge in [0.1, 0.15) is 0 Å². The van der Waals surface area contributed by atoms with E-state index in [-0.39, 0.29) is 18.6 Å². The number of aryl methyl sites for hydroxylation is 1. The van der Waals surface area contributed by atoms with Crippen molar-refractivity contribution in [2.75, 3.05) is 11.6 Å². The fourth-order valence-corrected chi connectivity index (χ4v) is 2.83. The summed E-state index contributed by atoms with van der Waals surface area (Å²) in [4.78, 5) is 16.7. The van der Waals surface area contributed by atoms with Gasteiger partial charge in [0.25, 0.3) is 0 Å². The number of aromatic nitrogens is 1. The van der Waals surface area contributed by atoms with Gasteiger partial charge in [0.15, 0.2) is 0 Å². The van der Waals surface area contributed by atoms with Crippen molar-refractivity contribution >= 4 is 17.3 Å². The lowest BCUT2D eigenvalue weighted by molar-refractivity contribution is -0.121. The predicted molar refractivity (Wildman–Crippen MR) is 93.9 cm³/mol. The Morgan fingerprint density at radius 3 is 2.62 bits per heavy atom. The zero-order valence-corrected chi connectivity index (χ0v) is 13.9. The molecule has 0 saturated carbocycles. The zero-order chi connectivity index (χ0) is 17.1. The molecule has 1 aromatic carbocycles. The van der Waals surface area contributed by atoms with Crippen molar-refractivity contribution in [2.24, 2.45) is 0 Å². The number of rotatable bonds is 4. The fraction of sp³-hybridized carbons (Fsp3) is 0.263. The lowest BCUT2D eigenvalue weighted by atomic mass is 10.1. The number of nitrogens with zero attached hydrogens (tertiary/aromatic N) is 3. The molecule has 0 aliphatic carbocycles. The molecule has 124 valence electrons. The summed E-state index contributed by atoms with van der Waals surface area (Å²) in [6.07, 6.45) is 5.57. The highest BCUT2D eigenvalue weighted by molar-refractivity contribution is 5.97. The third-order valence-corrected chi connectivity index (χ3v) is 4.09. The summed E-state index contributed by atoms with van der Waals surface area (Å²) in [6.45, 7) is 3.87. The van der Waals surface area contributed by atoms with Gasteiger partial charge in [-0.3, -0.25) is 14.8 Å². The van der Waals surface area contributed by atoms with Crippen molar-refractivity contribution in [2.45, 2.75) is 26.3 Å². The molecule has 0 bridgehead atoms. The van der Waals surface area contributed by atoms with E-state index in [2.05, 4.69) is 4.98 Å². The van der Waals surface area contributed by atoms with E-state index in [1.165, 1.54) is 5.56 Å². The van der Waals surface area contributed by atoms with E-state index in [9.17, 15) is 9.90 Å². The van der Waals surface area contributed by atoms with E-state index in [0.717, 1.165) is 11.3 Å². The molecule has 1 aliphatic rings. The quantitative estimate of drug-likeness (QED) is 0.940. The lowest BCUT2D eigenvalue weighted by Gasteiger charge is -2.43. The van der Waals surface area contributed by atoms with Gasteiger partial charge in [-0.25, -0.2) is 5.01 Å². The molecule has 0 radical (unpaired) electrons. The lowest BCUT2D eigenvalue weighted by Crippen LogP contribution is -2.53. The number of amides is 1. The van der Waals surface area contributed by atoms with Crippen LogP contribution in [0.3, 0.4) is 0 Å². The molecule has 1 aromatic heterocycles. The third-order valence-electron chi connectivity index (χ3n) is 4.09. The average Bonchev–Trinajstić information content (AvgIpc) is 2.62. The molecule has 1 unspecified atom stereocenters. The number of pyridine rings is 1. The van der Waals surface area contributed by atoms with Gasteiger partial charge in [-0.2, -0.15) is 0 Å². The number of anilines is 1. The minimum absolute atomic E-state index is 0.0424. The second-order valence-electron chi connectivity index (χ2n) is 5.95. The van der Waals surface area contributed by atoms with Crippen molar-refractivity contribution in [1.82, 2.24) is 9.99 Å². The molecular weight excluding hydrogens is 302 g/mol. The highest BCUT2D eigenvalue weighted by Gasteiger charge is 2.32. The van der Waals surface area contributed by atoms with E-state index in [4.69, 9.17) is 0 Å². The number of aliphatic hydroxyl groups is 1. The average molecular weight is 323 g/mol. The maximum absolute atomic E-state index is 12.6. The monoisotopic (exact) mass is 323 g/mol. The minimum Gasteiger partial charge on any atom is -0.394 e. The van der Waals surface area contributed by atoms with Gasteiger partial charge in [0, 0.05) is 12.6 Å². The molecule has 2 heterocycles. The normalized spacial score (nSPS) is 16.1. The molecule has 2 aromatic rings. The molecule has 1 amide bonds. The van der Waals surface area contributed by atoms with Crippen LogP contribution in [0.1, 0.15) is 24.5 Å². The maximum Gasteiger partial charge on any atom is 0.249 e. The molecule has 24 heavy (non-hydrogen) atoms. The highest BCUT2D eigenvalue weighted by atomic mass is 16.3. The fourth-order valence-electron chi connectivity index (χ4n) is 2.83. The second-order valence-corrected chi connectivity index (χ2v) is 5.95. The van der Waals surface area contributed by atoms with Crippen molar-refractivity contribution in [1.29, 1.82) is 0 Å². The number of aliphatic hydroxyl groups excluding tert-OH is 1. The first-order valence-electron chi connectivity index (χ1n) is 8.02. The second kappa shape index (κ2) is 6.84. The van der Waals surface area contributed by atoms with E-state index < -0.39 is 0 Å². The topological polar surface area (TPSA) is 56.7 Å². The first-order valence-corrected chi connectivity index (χ1v) is 8.02. The first kappa shape index (κ1) is 16.2. The zero-order valence-electron chi connectivity index (χ0n) is 13.9. The van der Waals surface area contributed by atoms with E-state index in [0.29, 0.717) is 12.1 Å². The first-order chi connectivity index (χ1) is 11.6. The summed E-state index contributed by atoms with van der Waals surface area (Å²) in [5, 5.41) is 13.2. The van der Waals surface area contributed by atoms with Gasteiger partial charge in [0.05, 0.1) is 30.2 Å². The highest BCUT2D eigenvalue weighted by Crippen LogP contribution is 2.32.